The Morgan fingerprint density at radius 3 is 2.71 bits per heavy atom. The van der Waals surface area contributed by atoms with Gasteiger partial charge in [0, 0.05) is 0 Å². The van der Waals surface area contributed by atoms with Crippen molar-refractivity contribution in [3.05, 3.63) is 29.3 Å². The molecule has 0 fully saturated rings. The second kappa shape index (κ2) is 3.09. The van der Waals surface area contributed by atoms with E-state index in [0.717, 1.165) is 17.5 Å². The quantitative estimate of drug-likeness (QED) is 0.658. The third-order valence-electron chi connectivity index (χ3n) is 2.90. The Balaban J connectivity index is 2.77. The summed E-state index contributed by atoms with van der Waals surface area (Å²) >= 11 is 0. The van der Waals surface area contributed by atoms with Crippen LogP contribution in [0.4, 0.5) is 0 Å². The van der Waals surface area contributed by atoms with Gasteiger partial charge in [0.2, 0.25) is 0 Å². The molecule has 0 unspecified atom stereocenters. The van der Waals surface area contributed by atoms with Crippen LogP contribution in [0.15, 0.2) is 23.1 Å². The molecule has 1 aliphatic rings. The summed E-state index contributed by atoms with van der Waals surface area (Å²) in [7, 11) is -3.01. The van der Waals surface area contributed by atoms with Gasteiger partial charge in [-0.05, 0) is 30.4 Å². The minimum atomic E-state index is -3.01. The first kappa shape index (κ1) is 9.71. The first-order valence-electron chi connectivity index (χ1n) is 4.84. The number of hydrogen-bond donors (Lipinski definition) is 0. The fourth-order valence-corrected chi connectivity index (χ4v) is 4.13. The van der Waals surface area contributed by atoms with Crippen LogP contribution in [0.3, 0.4) is 0 Å². The lowest BCUT2D eigenvalue weighted by Gasteiger charge is -2.23. The smallest absolute Gasteiger partial charge is 0.178 e. The average Bonchev–Trinajstić information content (AvgIpc) is 2.12. The second-order valence-electron chi connectivity index (χ2n) is 4.00. The topological polar surface area (TPSA) is 34.1 Å². The lowest BCUT2D eigenvalue weighted by atomic mass is 9.96. The molecule has 0 aromatic heterocycles. The molecular weight excluding hydrogens is 196 g/mol. The van der Waals surface area contributed by atoms with Gasteiger partial charge in [-0.2, -0.15) is 0 Å². The van der Waals surface area contributed by atoms with Crippen molar-refractivity contribution in [2.75, 3.05) is 5.75 Å². The van der Waals surface area contributed by atoms with Crippen LogP contribution in [0.25, 0.3) is 0 Å². The Bertz CT molecular complexity index is 460. The van der Waals surface area contributed by atoms with Gasteiger partial charge in [0.15, 0.2) is 9.84 Å². The summed E-state index contributed by atoms with van der Waals surface area (Å²) in [5, 5.41) is 0. The molecule has 1 aliphatic heterocycles. The van der Waals surface area contributed by atoms with Gasteiger partial charge < -0.3 is 0 Å². The number of aryl methyl sites for hydroxylation is 1. The normalized spacial score (nSPS) is 24.3. The fourth-order valence-electron chi connectivity index (χ4n) is 2.08. The Morgan fingerprint density at radius 2 is 2.07 bits per heavy atom. The molecule has 0 saturated carbocycles. The van der Waals surface area contributed by atoms with Gasteiger partial charge in [0.05, 0.1) is 10.6 Å². The van der Waals surface area contributed by atoms with Crippen molar-refractivity contribution in [1.82, 2.24) is 0 Å². The van der Waals surface area contributed by atoms with Gasteiger partial charge in [-0.3, -0.25) is 0 Å². The minimum Gasteiger partial charge on any atom is -0.224 e. The van der Waals surface area contributed by atoms with Gasteiger partial charge in [0.25, 0.3) is 0 Å². The summed E-state index contributed by atoms with van der Waals surface area (Å²) in [6, 6.07) is 5.74. The van der Waals surface area contributed by atoms with Crippen LogP contribution >= 0.6 is 0 Å². The van der Waals surface area contributed by atoms with Crippen LogP contribution in [0.5, 0.6) is 0 Å². The molecule has 0 amide bonds. The summed E-state index contributed by atoms with van der Waals surface area (Å²) in [5.74, 6) is 0.667. The third-order valence-corrected chi connectivity index (χ3v) is 4.86. The van der Waals surface area contributed by atoms with E-state index in [4.69, 9.17) is 0 Å². The van der Waals surface area contributed by atoms with Gasteiger partial charge in [0.1, 0.15) is 0 Å². The highest BCUT2D eigenvalue weighted by Crippen LogP contribution is 2.34. The number of fused-ring (bicyclic) bond motifs is 1. The molecule has 0 saturated heterocycles. The lowest BCUT2D eigenvalue weighted by Crippen LogP contribution is -2.19. The molecule has 0 aliphatic carbocycles. The SMILES string of the molecule is Cc1cccc2c1S(=O)(=O)CC[C@@H]2C. The lowest BCUT2D eigenvalue weighted by molar-refractivity contribution is 0.572. The van der Waals surface area contributed by atoms with Crippen LogP contribution in [0, 0.1) is 6.92 Å². The van der Waals surface area contributed by atoms with E-state index in [2.05, 4.69) is 6.92 Å². The predicted molar refractivity (Wildman–Crippen MR) is 56.3 cm³/mol. The fraction of sp³-hybridized carbons (Fsp3) is 0.455. The van der Waals surface area contributed by atoms with E-state index in [-0.39, 0.29) is 0 Å². The van der Waals surface area contributed by atoms with Crippen molar-refractivity contribution in [1.29, 1.82) is 0 Å². The van der Waals surface area contributed by atoms with Crippen LogP contribution in [-0.2, 0) is 9.84 Å². The van der Waals surface area contributed by atoms with E-state index < -0.39 is 9.84 Å². The number of sulfone groups is 1. The highest BCUT2D eigenvalue weighted by atomic mass is 32.2. The maximum absolute atomic E-state index is 11.8. The van der Waals surface area contributed by atoms with Crippen LogP contribution in [0.1, 0.15) is 30.4 Å². The summed E-state index contributed by atoms with van der Waals surface area (Å²) in [5.41, 5.74) is 1.88. The molecule has 1 heterocycles. The first-order chi connectivity index (χ1) is 6.52. The van der Waals surface area contributed by atoms with E-state index in [0.29, 0.717) is 16.6 Å². The Labute approximate surface area is 84.9 Å². The molecule has 0 bridgehead atoms. The zero-order valence-corrected chi connectivity index (χ0v) is 9.26. The molecule has 2 nitrogen and oxygen atoms in total. The van der Waals surface area contributed by atoms with Crippen molar-refractivity contribution in [3.8, 4) is 0 Å². The molecular formula is C11H14O2S. The Hall–Kier alpha value is -0.830. The van der Waals surface area contributed by atoms with Gasteiger partial charge in [-0.1, -0.05) is 25.1 Å². The number of rotatable bonds is 0. The average molecular weight is 210 g/mol. The van der Waals surface area contributed by atoms with Gasteiger partial charge in [-0.25, -0.2) is 8.42 Å². The molecule has 1 aromatic rings. The monoisotopic (exact) mass is 210 g/mol. The van der Waals surface area contributed by atoms with Crippen LogP contribution in [0.2, 0.25) is 0 Å². The zero-order valence-electron chi connectivity index (χ0n) is 8.45. The molecule has 3 heteroatoms. The molecule has 0 N–H and O–H groups in total. The summed E-state index contributed by atoms with van der Waals surface area (Å²) in [4.78, 5) is 0.582. The molecule has 2 rings (SSSR count). The van der Waals surface area contributed by atoms with E-state index in [9.17, 15) is 8.42 Å². The van der Waals surface area contributed by atoms with Crippen LogP contribution in [-0.4, -0.2) is 14.2 Å². The summed E-state index contributed by atoms with van der Waals surface area (Å²) in [6.45, 7) is 3.96. The molecule has 1 aromatic carbocycles. The van der Waals surface area contributed by atoms with Crippen LogP contribution < -0.4 is 0 Å². The van der Waals surface area contributed by atoms with Gasteiger partial charge in [-0.15, -0.1) is 0 Å². The van der Waals surface area contributed by atoms with E-state index in [1.165, 1.54) is 0 Å². The van der Waals surface area contributed by atoms with Crippen molar-refractivity contribution < 1.29 is 8.42 Å². The van der Waals surface area contributed by atoms with Crippen molar-refractivity contribution in [2.24, 2.45) is 0 Å². The summed E-state index contributed by atoms with van der Waals surface area (Å²) in [6.07, 6.45) is 0.749. The van der Waals surface area contributed by atoms with Crippen molar-refractivity contribution >= 4 is 9.84 Å². The Morgan fingerprint density at radius 1 is 1.36 bits per heavy atom. The predicted octanol–water partition coefficient (Wildman–Crippen LogP) is 2.28. The Kier molecular flexibility index (Phi) is 2.14. The molecule has 76 valence electrons. The third kappa shape index (κ3) is 1.36. The second-order valence-corrected chi connectivity index (χ2v) is 6.05. The highest BCUT2D eigenvalue weighted by molar-refractivity contribution is 7.91. The largest absolute Gasteiger partial charge is 0.224 e. The molecule has 1 atom stereocenters. The van der Waals surface area contributed by atoms with E-state index in [1.807, 2.05) is 25.1 Å². The molecule has 14 heavy (non-hydrogen) atoms. The van der Waals surface area contributed by atoms with Crippen molar-refractivity contribution in [2.45, 2.75) is 31.1 Å². The summed E-state index contributed by atoms with van der Waals surface area (Å²) < 4.78 is 23.7. The maximum atomic E-state index is 11.8. The molecule has 0 spiro atoms. The van der Waals surface area contributed by atoms with E-state index >= 15 is 0 Å². The standard InChI is InChI=1S/C11H14O2S/c1-8-6-7-14(12,13)11-9(2)4-3-5-10(8)11/h3-5,8H,6-7H2,1-2H3/t8-/m0/s1. The van der Waals surface area contributed by atoms with Crippen molar-refractivity contribution in [3.63, 3.8) is 0 Å². The highest BCUT2D eigenvalue weighted by Gasteiger charge is 2.28. The first-order valence-corrected chi connectivity index (χ1v) is 6.50. The van der Waals surface area contributed by atoms with Gasteiger partial charge >= 0.3 is 0 Å². The maximum Gasteiger partial charge on any atom is 0.178 e. The minimum absolute atomic E-state index is 0.298. The molecule has 0 radical (unpaired) electrons. The zero-order chi connectivity index (χ0) is 10.3. The number of hydrogen-bond acceptors (Lipinski definition) is 2. The number of benzene rings is 1. The van der Waals surface area contributed by atoms with E-state index in [1.54, 1.807) is 0 Å².